The Kier molecular flexibility index (Phi) is 6.08. The monoisotopic (exact) mass is 520 g/mol. The lowest BCUT2D eigenvalue weighted by Crippen LogP contribution is -2.27. The van der Waals surface area contributed by atoms with Gasteiger partial charge in [-0.15, -0.1) is 0 Å². The zero-order valence-corrected chi connectivity index (χ0v) is 21.6. The molecule has 194 valence electrons. The number of pyridine rings is 3. The highest BCUT2D eigenvalue weighted by Crippen LogP contribution is 2.34. The minimum absolute atomic E-state index is 0.124. The lowest BCUT2D eigenvalue weighted by Gasteiger charge is -2.10. The maximum atomic E-state index is 14.2. The number of hydrogen-bond donors (Lipinski definition) is 3. The van der Waals surface area contributed by atoms with Crippen LogP contribution in [0.15, 0.2) is 67.3 Å². The van der Waals surface area contributed by atoms with E-state index in [-0.39, 0.29) is 18.3 Å². The third-order valence-corrected chi connectivity index (χ3v) is 6.34. The number of aryl methyl sites for hydroxylation is 1. The van der Waals surface area contributed by atoms with E-state index in [1.807, 2.05) is 51.4 Å². The van der Waals surface area contributed by atoms with Crippen molar-refractivity contribution in [2.45, 2.75) is 6.92 Å². The highest BCUT2D eigenvalue weighted by atomic mass is 19.1. The second kappa shape index (κ2) is 9.73. The molecule has 0 saturated heterocycles. The van der Waals surface area contributed by atoms with E-state index < -0.39 is 0 Å². The minimum Gasteiger partial charge on any atom is -0.352 e. The van der Waals surface area contributed by atoms with Crippen LogP contribution in [0.5, 0.6) is 0 Å². The van der Waals surface area contributed by atoms with Crippen molar-refractivity contribution in [1.29, 1.82) is 0 Å². The van der Waals surface area contributed by atoms with Crippen LogP contribution >= 0.6 is 0 Å². The van der Waals surface area contributed by atoms with Crippen molar-refractivity contribution in [3.63, 3.8) is 0 Å². The molecular formula is C29H25FN8O. The van der Waals surface area contributed by atoms with Gasteiger partial charge >= 0.3 is 0 Å². The van der Waals surface area contributed by atoms with Crippen LogP contribution in [0.4, 0.5) is 10.1 Å². The number of benzene rings is 1. The lowest BCUT2D eigenvalue weighted by molar-refractivity contribution is -0.116. The first kappa shape index (κ1) is 24.4. The Morgan fingerprint density at radius 2 is 1.82 bits per heavy atom. The third kappa shape index (κ3) is 4.85. The number of nitrogens with zero attached hydrogens (tertiary/aromatic N) is 5. The van der Waals surface area contributed by atoms with E-state index in [4.69, 9.17) is 4.98 Å². The van der Waals surface area contributed by atoms with Crippen LogP contribution in [-0.2, 0) is 4.79 Å². The van der Waals surface area contributed by atoms with Crippen molar-refractivity contribution < 1.29 is 9.18 Å². The number of rotatable bonds is 6. The van der Waals surface area contributed by atoms with Crippen molar-refractivity contribution in [1.82, 2.24) is 35.0 Å². The fraction of sp³-hybridized carbons (Fsp3) is 0.138. The molecule has 0 unspecified atom stereocenters. The Labute approximate surface area is 223 Å². The summed E-state index contributed by atoms with van der Waals surface area (Å²) in [7, 11) is 3.67. The van der Waals surface area contributed by atoms with E-state index >= 15 is 0 Å². The van der Waals surface area contributed by atoms with E-state index in [1.54, 1.807) is 29.7 Å². The second-order valence-electron chi connectivity index (χ2n) is 9.76. The second-order valence-corrected chi connectivity index (χ2v) is 9.76. The molecule has 3 N–H and O–H groups in total. The van der Waals surface area contributed by atoms with Crippen molar-refractivity contribution in [2.24, 2.45) is 0 Å². The van der Waals surface area contributed by atoms with E-state index in [0.717, 1.165) is 44.4 Å². The molecule has 0 aliphatic heterocycles. The molecule has 0 bridgehead atoms. The molecule has 0 aliphatic rings. The largest absolute Gasteiger partial charge is 0.352 e. The molecule has 39 heavy (non-hydrogen) atoms. The van der Waals surface area contributed by atoms with Crippen LogP contribution in [0, 0.1) is 12.7 Å². The summed E-state index contributed by atoms with van der Waals surface area (Å²) in [6.45, 7) is 2.14. The van der Waals surface area contributed by atoms with E-state index in [1.165, 1.54) is 12.1 Å². The Hall–Kier alpha value is -4.96. The number of amides is 1. The number of anilines is 1. The number of carbonyl (C=O) groups is 1. The van der Waals surface area contributed by atoms with Gasteiger partial charge in [0.05, 0.1) is 47.0 Å². The quantitative estimate of drug-likeness (QED) is 0.279. The Morgan fingerprint density at radius 3 is 2.64 bits per heavy atom. The average molecular weight is 521 g/mol. The molecule has 0 atom stereocenters. The first-order valence-electron chi connectivity index (χ1n) is 12.3. The Bertz CT molecular complexity index is 1840. The van der Waals surface area contributed by atoms with Crippen LogP contribution < -0.4 is 5.32 Å². The molecule has 0 radical (unpaired) electrons. The summed E-state index contributed by atoms with van der Waals surface area (Å²) in [5.41, 5.74) is 8.12. The number of aromatic amines is 2. The number of H-pyrrole nitrogens is 2. The van der Waals surface area contributed by atoms with Crippen LogP contribution in [-0.4, -0.2) is 61.6 Å². The van der Waals surface area contributed by atoms with Crippen LogP contribution in [0.1, 0.15) is 5.56 Å². The normalized spacial score (nSPS) is 11.5. The number of carbonyl (C=O) groups excluding carboxylic acids is 1. The molecular weight excluding hydrogens is 495 g/mol. The number of likely N-dealkylation sites (N-methyl/N-ethyl adjacent to an activating group) is 1. The molecule has 5 aromatic heterocycles. The Morgan fingerprint density at radius 1 is 0.974 bits per heavy atom. The summed E-state index contributed by atoms with van der Waals surface area (Å²) in [6, 6.07) is 12.6. The van der Waals surface area contributed by atoms with Crippen molar-refractivity contribution >= 4 is 33.5 Å². The zero-order chi connectivity index (χ0) is 27.1. The number of hydrogen-bond acceptors (Lipinski definition) is 6. The molecule has 9 nitrogen and oxygen atoms in total. The summed E-state index contributed by atoms with van der Waals surface area (Å²) in [5.74, 6) is -0.413. The zero-order valence-electron chi connectivity index (χ0n) is 21.6. The predicted octanol–water partition coefficient (Wildman–Crippen LogP) is 5.18. The lowest BCUT2D eigenvalue weighted by atomic mass is 10.0. The molecule has 0 fully saturated rings. The summed E-state index contributed by atoms with van der Waals surface area (Å²) in [5, 5.41) is 11.4. The molecule has 6 rings (SSSR count). The maximum Gasteiger partial charge on any atom is 0.238 e. The number of aromatic nitrogens is 6. The van der Waals surface area contributed by atoms with Gasteiger partial charge in [-0.25, -0.2) is 9.37 Å². The van der Waals surface area contributed by atoms with Gasteiger partial charge in [0.2, 0.25) is 5.91 Å². The van der Waals surface area contributed by atoms with Gasteiger partial charge in [-0.1, -0.05) is 6.07 Å². The molecule has 10 heteroatoms. The van der Waals surface area contributed by atoms with Crippen LogP contribution in [0.25, 0.3) is 55.7 Å². The standard InChI is InChI=1S/C29H25FN8O/c1-16-6-17(8-19(30)7-16)22-13-32-14-26-21(22)10-25(34-26)29-28-24(36-37-29)5-4-23(35-28)18-9-20(12-31-11-18)33-27(39)15-38(2)3/h4-14,34H,15H2,1-3H3,(H,33,39)(H,36,37). The van der Waals surface area contributed by atoms with Gasteiger partial charge in [0.1, 0.15) is 17.0 Å². The molecule has 1 amide bonds. The molecule has 1 aromatic carbocycles. The van der Waals surface area contributed by atoms with Gasteiger partial charge < -0.3 is 15.2 Å². The van der Waals surface area contributed by atoms with Crippen molar-refractivity contribution in [3.05, 3.63) is 78.6 Å². The van der Waals surface area contributed by atoms with E-state index in [0.29, 0.717) is 22.6 Å². The first-order chi connectivity index (χ1) is 18.8. The van der Waals surface area contributed by atoms with Crippen LogP contribution in [0.3, 0.4) is 0 Å². The summed E-state index contributed by atoms with van der Waals surface area (Å²) < 4.78 is 14.2. The van der Waals surface area contributed by atoms with Gasteiger partial charge in [-0.2, -0.15) is 5.10 Å². The van der Waals surface area contributed by atoms with Gasteiger partial charge in [0.15, 0.2) is 0 Å². The summed E-state index contributed by atoms with van der Waals surface area (Å²) in [6.07, 6.45) is 6.79. The summed E-state index contributed by atoms with van der Waals surface area (Å²) in [4.78, 5) is 30.9. The molecule has 0 aliphatic carbocycles. The predicted molar refractivity (Wildman–Crippen MR) is 150 cm³/mol. The van der Waals surface area contributed by atoms with Crippen LogP contribution in [0.2, 0.25) is 0 Å². The van der Waals surface area contributed by atoms with Gasteiger partial charge in [-0.05, 0) is 68.5 Å². The maximum absolute atomic E-state index is 14.2. The number of nitrogens with one attached hydrogen (secondary N) is 3. The van der Waals surface area contributed by atoms with E-state index in [9.17, 15) is 9.18 Å². The molecule has 6 aromatic rings. The Balaban J connectivity index is 1.39. The fourth-order valence-corrected chi connectivity index (χ4v) is 4.68. The van der Waals surface area contributed by atoms with Gasteiger partial charge in [0.25, 0.3) is 0 Å². The first-order valence-corrected chi connectivity index (χ1v) is 12.3. The number of fused-ring (bicyclic) bond motifs is 2. The highest BCUT2D eigenvalue weighted by Gasteiger charge is 2.16. The number of halogens is 1. The van der Waals surface area contributed by atoms with Crippen molar-refractivity contribution in [2.75, 3.05) is 26.0 Å². The molecule has 0 saturated carbocycles. The highest BCUT2D eigenvalue weighted by molar-refractivity contribution is 6.00. The van der Waals surface area contributed by atoms with Gasteiger partial charge in [-0.3, -0.25) is 19.9 Å². The van der Waals surface area contributed by atoms with Gasteiger partial charge in [0, 0.05) is 28.9 Å². The SMILES string of the molecule is Cc1cc(F)cc(-c2cncc3[nH]c(-c4n[nH]c5ccc(-c6cncc(NC(=O)CN(C)C)c6)nc45)cc23)c1. The van der Waals surface area contributed by atoms with E-state index in [2.05, 4.69) is 30.5 Å². The summed E-state index contributed by atoms with van der Waals surface area (Å²) >= 11 is 0. The van der Waals surface area contributed by atoms with Crippen molar-refractivity contribution in [3.8, 4) is 33.8 Å². The molecule has 0 spiro atoms. The average Bonchev–Trinajstić information content (AvgIpc) is 3.51. The fourth-order valence-electron chi connectivity index (χ4n) is 4.68. The minimum atomic E-state index is -0.288. The smallest absolute Gasteiger partial charge is 0.238 e. The molecule has 5 heterocycles. The third-order valence-electron chi connectivity index (χ3n) is 6.34. The topological polar surface area (TPSA) is 115 Å².